The number of hydrogen-bond acceptors (Lipinski definition) is 7. The van der Waals surface area contributed by atoms with Crippen molar-refractivity contribution in [2.24, 2.45) is 0 Å². The molecule has 2 heterocycles. The lowest BCUT2D eigenvalue weighted by atomic mass is 10.2. The number of hydrogen-bond donors (Lipinski definition) is 1. The van der Waals surface area contributed by atoms with Crippen LogP contribution in [-0.4, -0.2) is 68.3 Å². The van der Waals surface area contributed by atoms with Gasteiger partial charge >= 0.3 is 0 Å². The van der Waals surface area contributed by atoms with Gasteiger partial charge in [0.2, 0.25) is 0 Å². The van der Waals surface area contributed by atoms with E-state index in [9.17, 15) is 9.90 Å². The van der Waals surface area contributed by atoms with E-state index in [0.29, 0.717) is 23.6 Å². The summed E-state index contributed by atoms with van der Waals surface area (Å²) in [5.74, 6) is 1.71. The van der Waals surface area contributed by atoms with Gasteiger partial charge in [0, 0.05) is 51.1 Å². The van der Waals surface area contributed by atoms with Crippen LogP contribution in [0.3, 0.4) is 0 Å². The number of methoxy groups -OCH3 is 1. The van der Waals surface area contributed by atoms with Crippen LogP contribution >= 0.6 is 0 Å². The van der Waals surface area contributed by atoms with Gasteiger partial charge in [-0.25, -0.2) is 0 Å². The first kappa shape index (κ1) is 21.2. The summed E-state index contributed by atoms with van der Waals surface area (Å²) in [6.45, 7) is 5.70. The Balaban J connectivity index is 1.26. The van der Waals surface area contributed by atoms with Gasteiger partial charge in [-0.1, -0.05) is 12.1 Å². The normalized spacial score (nSPS) is 15.8. The molecule has 1 N–H and O–H groups in total. The zero-order chi connectivity index (χ0) is 21.8. The second-order valence-corrected chi connectivity index (χ2v) is 7.79. The molecule has 1 aliphatic rings. The summed E-state index contributed by atoms with van der Waals surface area (Å²) in [5.41, 5.74) is 1.71. The Kier molecular flexibility index (Phi) is 6.44. The number of furan rings is 1. The lowest BCUT2D eigenvalue weighted by molar-refractivity contribution is 0.0663. The van der Waals surface area contributed by atoms with Crippen LogP contribution in [0.2, 0.25) is 0 Å². The Morgan fingerprint density at radius 2 is 1.90 bits per heavy atom. The lowest BCUT2D eigenvalue weighted by Crippen LogP contribution is -2.49. The predicted octanol–water partition coefficient (Wildman–Crippen LogP) is 3.21. The number of aliphatic hydroxyl groups excluding tert-OH is 1. The van der Waals surface area contributed by atoms with Gasteiger partial charge in [0.1, 0.15) is 29.8 Å². The Morgan fingerprint density at radius 3 is 2.65 bits per heavy atom. The molecule has 1 saturated heterocycles. The number of ketones is 1. The molecule has 0 bridgehead atoms. The number of Topliss-reactive ketones (excluding diaryl/α,β-unsaturated/α-hetero) is 1. The van der Waals surface area contributed by atoms with Crippen molar-refractivity contribution in [2.75, 3.05) is 51.3 Å². The van der Waals surface area contributed by atoms with Crippen LogP contribution in [0.5, 0.6) is 11.5 Å². The number of carbonyl (C=O) groups excluding carboxylic acids is 1. The molecule has 4 rings (SSSR count). The molecule has 1 aliphatic heterocycles. The minimum absolute atomic E-state index is 0.111. The van der Waals surface area contributed by atoms with Gasteiger partial charge in [-0.3, -0.25) is 9.69 Å². The first-order valence-electron chi connectivity index (χ1n) is 10.5. The molecule has 7 nitrogen and oxygen atoms in total. The van der Waals surface area contributed by atoms with E-state index in [2.05, 4.69) is 15.9 Å². The second-order valence-electron chi connectivity index (χ2n) is 7.79. The fourth-order valence-corrected chi connectivity index (χ4v) is 3.88. The molecule has 31 heavy (non-hydrogen) atoms. The summed E-state index contributed by atoms with van der Waals surface area (Å²) in [6, 6.07) is 15.2. The topological polar surface area (TPSA) is 75.4 Å². The van der Waals surface area contributed by atoms with Gasteiger partial charge in [0.15, 0.2) is 11.5 Å². The minimum atomic E-state index is -0.599. The summed E-state index contributed by atoms with van der Waals surface area (Å²) < 4.78 is 16.8. The van der Waals surface area contributed by atoms with Gasteiger partial charge < -0.3 is 23.9 Å². The number of benzene rings is 2. The Labute approximate surface area is 181 Å². The van der Waals surface area contributed by atoms with E-state index in [1.165, 1.54) is 6.92 Å². The van der Waals surface area contributed by atoms with Gasteiger partial charge in [-0.15, -0.1) is 0 Å². The molecule has 1 atom stereocenters. The van der Waals surface area contributed by atoms with E-state index in [0.717, 1.165) is 43.0 Å². The van der Waals surface area contributed by atoms with Crippen LogP contribution in [0, 0.1) is 0 Å². The number of rotatable bonds is 8. The molecular formula is C24H28N2O5. The van der Waals surface area contributed by atoms with E-state index >= 15 is 0 Å². The van der Waals surface area contributed by atoms with Crippen LogP contribution in [0.25, 0.3) is 11.0 Å². The van der Waals surface area contributed by atoms with Crippen molar-refractivity contribution in [3.8, 4) is 11.5 Å². The van der Waals surface area contributed by atoms with Crippen molar-refractivity contribution in [3.05, 3.63) is 54.3 Å². The molecule has 0 spiro atoms. The molecule has 0 saturated carbocycles. The number of fused-ring (bicyclic) bond motifs is 1. The highest BCUT2D eigenvalue weighted by Crippen LogP contribution is 2.28. The average molecular weight is 424 g/mol. The van der Waals surface area contributed by atoms with E-state index in [1.54, 1.807) is 19.2 Å². The molecule has 1 unspecified atom stereocenters. The Bertz CT molecular complexity index is 1040. The molecular weight excluding hydrogens is 396 g/mol. The minimum Gasteiger partial charge on any atom is -0.495 e. The molecule has 0 amide bonds. The molecule has 164 valence electrons. The molecule has 3 aromatic rings. The molecule has 1 aromatic heterocycles. The van der Waals surface area contributed by atoms with Crippen LogP contribution in [0.15, 0.2) is 52.9 Å². The van der Waals surface area contributed by atoms with Crippen molar-refractivity contribution in [1.82, 2.24) is 4.90 Å². The van der Waals surface area contributed by atoms with Crippen LogP contribution in [0.1, 0.15) is 17.5 Å². The molecule has 0 radical (unpaired) electrons. The third kappa shape index (κ3) is 5.00. The number of para-hydroxylation sites is 2. The summed E-state index contributed by atoms with van der Waals surface area (Å²) in [5, 5.41) is 11.3. The number of anilines is 1. The number of β-amino-alcohol motifs (C(OH)–C–C–N with tert-alkyl or cyclic N) is 1. The van der Waals surface area contributed by atoms with Crippen molar-refractivity contribution >= 4 is 22.4 Å². The van der Waals surface area contributed by atoms with Crippen LogP contribution in [0.4, 0.5) is 5.69 Å². The van der Waals surface area contributed by atoms with Crippen molar-refractivity contribution < 1.29 is 23.8 Å². The first-order valence-corrected chi connectivity index (χ1v) is 10.5. The fraction of sp³-hybridized carbons (Fsp3) is 0.375. The lowest BCUT2D eigenvalue weighted by Gasteiger charge is -2.37. The quantitative estimate of drug-likeness (QED) is 0.557. The number of piperazine rings is 1. The molecule has 2 aromatic carbocycles. The number of nitrogens with zero attached hydrogens (tertiary/aromatic N) is 2. The van der Waals surface area contributed by atoms with E-state index < -0.39 is 6.10 Å². The fourth-order valence-electron chi connectivity index (χ4n) is 3.88. The van der Waals surface area contributed by atoms with Gasteiger partial charge in [-0.2, -0.15) is 0 Å². The maximum atomic E-state index is 11.5. The highest BCUT2D eigenvalue weighted by Gasteiger charge is 2.21. The molecule has 0 aliphatic carbocycles. The van der Waals surface area contributed by atoms with Gasteiger partial charge in [-0.05, 0) is 30.3 Å². The highest BCUT2D eigenvalue weighted by molar-refractivity contribution is 5.96. The average Bonchev–Trinajstić information content (AvgIpc) is 3.22. The Morgan fingerprint density at radius 1 is 1.13 bits per heavy atom. The van der Waals surface area contributed by atoms with Crippen molar-refractivity contribution in [2.45, 2.75) is 13.0 Å². The number of aliphatic hydroxyl groups is 1. The van der Waals surface area contributed by atoms with Crippen molar-refractivity contribution in [3.63, 3.8) is 0 Å². The maximum absolute atomic E-state index is 11.5. The van der Waals surface area contributed by atoms with E-state index in [-0.39, 0.29) is 12.4 Å². The molecule has 7 heteroatoms. The zero-order valence-corrected chi connectivity index (χ0v) is 17.9. The standard InChI is InChI=1S/C24H28N2O5/c1-17(27)23-13-18-7-8-20(14-24(18)31-23)30-16-19(28)15-25-9-11-26(12-10-25)21-5-3-4-6-22(21)29-2/h3-8,13-14,19,28H,9-12,15-16H2,1-2H3. The number of ether oxygens (including phenoxy) is 2. The third-order valence-electron chi connectivity index (χ3n) is 5.55. The maximum Gasteiger partial charge on any atom is 0.194 e. The zero-order valence-electron chi connectivity index (χ0n) is 17.9. The monoisotopic (exact) mass is 424 g/mol. The van der Waals surface area contributed by atoms with Crippen molar-refractivity contribution in [1.29, 1.82) is 0 Å². The summed E-state index contributed by atoms with van der Waals surface area (Å²) in [7, 11) is 1.69. The van der Waals surface area contributed by atoms with Gasteiger partial charge in [0.05, 0.1) is 12.8 Å². The summed E-state index contributed by atoms with van der Waals surface area (Å²) >= 11 is 0. The number of carbonyl (C=O) groups is 1. The van der Waals surface area contributed by atoms with Crippen LogP contribution in [-0.2, 0) is 0 Å². The largest absolute Gasteiger partial charge is 0.495 e. The van der Waals surface area contributed by atoms with E-state index in [4.69, 9.17) is 13.9 Å². The predicted molar refractivity (Wildman–Crippen MR) is 119 cm³/mol. The summed E-state index contributed by atoms with van der Waals surface area (Å²) in [4.78, 5) is 16.0. The first-order chi connectivity index (χ1) is 15.0. The molecule has 1 fully saturated rings. The highest BCUT2D eigenvalue weighted by atomic mass is 16.5. The Hall–Kier alpha value is -3.03. The second kappa shape index (κ2) is 9.41. The van der Waals surface area contributed by atoms with Gasteiger partial charge in [0.25, 0.3) is 0 Å². The third-order valence-corrected chi connectivity index (χ3v) is 5.55. The smallest absolute Gasteiger partial charge is 0.194 e. The summed E-state index contributed by atoms with van der Waals surface area (Å²) in [6.07, 6.45) is -0.599. The van der Waals surface area contributed by atoms with E-state index in [1.807, 2.05) is 30.3 Å². The SMILES string of the molecule is COc1ccccc1N1CCN(CC(O)COc2ccc3cc(C(C)=O)oc3c2)CC1. The van der Waals surface area contributed by atoms with Crippen LogP contribution < -0.4 is 14.4 Å².